The van der Waals surface area contributed by atoms with Gasteiger partial charge in [0.1, 0.15) is 0 Å². The smallest absolute Gasteiger partial charge is 0.0586 e. The van der Waals surface area contributed by atoms with Crippen LogP contribution in [-0.2, 0) is 0 Å². The van der Waals surface area contributed by atoms with Crippen molar-refractivity contribution >= 4 is 0 Å². The zero-order valence-corrected chi connectivity index (χ0v) is 13.7. The van der Waals surface area contributed by atoms with Crippen LogP contribution in [-0.4, -0.2) is 48.3 Å². The van der Waals surface area contributed by atoms with Crippen LogP contribution in [0.2, 0.25) is 0 Å². The summed E-state index contributed by atoms with van der Waals surface area (Å²) in [4.78, 5) is 2.57. The van der Waals surface area contributed by atoms with Crippen LogP contribution in [0.25, 0.3) is 0 Å². The van der Waals surface area contributed by atoms with Gasteiger partial charge in [0.15, 0.2) is 0 Å². The summed E-state index contributed by atoms with van der Waals surface area (Å²) < 4.78 is 0. The molecule has 0 bridgehead atoms. The van der Waals surface area contributed by atoms with Crippen LogP contribution in [0.5, 0.6) is 0 Å². The highest BCUT2D eigenvalue weighted by Crippen LogP contribution is 2.40. The predicted octanol–water partition coefficient (Wildman–Crippen LogP) is 2.64. The topological polar surface area (TPSA) is 35.5 Å². The Morgan fingerprint density at radius 2 is 1.95 bits per heavy atom. The molecule has 0 amide bonds. The van der Waals surface area contributed by atoms with Crippen molar-refractivity contribution < 1.29 is 5.11 Å². The van der Waals surface area contributed by atoms with Crippen molar-refractivity contribution in [3.8, 4) is 0 Å². The minimum atomic E-state index is 0.337. The number of hydrogen-bond acceptors (Lipinski definition) is 3. The summed E-state index contributed by atoms with van der Waals surface area (Å²) in [6.45, 7) is 10.7. The summed E-state index contributed by atoms with van der Waals surface area (Å²) in [5.41, 5.74) is 0.439. The van der Waals surface area contributed by atoms with Gasteiger partial charge in [0.25, 0.3) is 0 Å². The fourth-order valence-corrected chi connectivity index (χ4v) is 3.93. The Morgan fingerprint density at radius 1 is 1.25 bits per heavy atom. The van der Waals surface area contributed by atoms with Crippen LogP contribution in [0.4, 0.5) is 0 Å². The van der Waals surface area contributed by atoms with Crippen molar-refractivity contribution in [3.63, 3.8) is 0 Å². The standard InChI is InChI=1S/C17H34N2O/c1-14(2)18-12-17(8-6-15(3)7-9-17)13-19-10-4-5-16(19)11-20/h14-16,18,20H,4-13H2,1-3H3. The Kier molecular flexibility index (Phi) is 5.88. The summed E-state index contributed by atoms with van der Waals surface area (Å²) in [7, 11) is 0. The van der Waals surface area contributed by atoms with Crippen LogP contribution in [0.1, 0.15) is 59.3 Å². The van der Waals surface area contributed by atoms with Gasteiger partial charge in [-0.05, 0) is 43.6 Å². The van der Waals surface area contributed by atoms with E-state index in [1.54, 1.807) is 0 Å². The van der Waals surface area contributed by atoms with Gasteiger partial charge in [-0.2, -0.15) is 0 Å². The molecular formula is C17H34N2O. The van der Waals surface area contributed by atoms with Crippen molar-refractivity contribution in [3.05, 3.63) is 0 Å². The van der Waals surface area contributed by atoms with E-state index in [1.807, 2.05) is 0 Å². The molecule has 3 heteroatoms. The van der Waals surface area contributed by atoms with E-state index in [9.17, 15) is 5.11 Å². The van der Waals surface area contributed by atoms with E-state index >= 15 is 0 Å². The first-order valence-electron chi connectivity index (χ1n) is 8.63. The third kappa shape index (κ3) is 4.19. The van der Waals surface area contributed by atoms with Crippen LogP contribution in [0, 0.1) is 11.3 Å². The molecule has 2 fully saturated rings. The summed E-state index contributed by atoms with van der Waals surface area (Å²) in [5, 5.41) is 13.2. The van der Waals surface area contributed by atoms with E-state index in [2.05, 4.69) is 31.0 Å². The van der Waals surface area contributed by atoms with Gasteiger partial charge in [0, 0.05) is 25.2 Å². The van der Waals surface area contributed by atoms with Gasteiger partial charge >= 0.3 is 0 Å². The van der Waals surface area contributed by atoms with Gasteiger partial charge in [0.05, 0.1) is 6.61 Å². The molecule has 1 unspecified atom stereocenters. The number of rotatable bonds is 6. The second-order valence-corrected chi connectivity index (χ2v) is 7.67. The summed E-state index contributed by atoms with van der Waals surface area (Å²) in [6.07, 6.45) is 7.88. The maximum Gasteiger partial charge on any atom is 0.0586 e. The van der Waals surface area contributed by atoms with E-state index in [-0.39, 0.29) is 0 Å². The average molecular weight is 282 g/mol. The summed E-state index contributed by atoms with van der Waals surface area (Å²) >= 11 is 0. The fourth-order valence-electron chi connectivity index (χ4n) is 3.93. The molecule has 1 aliphatic carbocycles. The van der Waals surface area contributed by atoms with Gasteiger partial charge in [-0.3, -0.25) is 4.90 Å². The first kappa shape index (κ1) is 16.3. The number of aliphatic hydroxyl groups excluding tert-OH is 1. The van der Waals surface area contributed by atoms with E-state index in [1.165, 1.54) is 51.6 Å². The van der Waals surface area contributed by atoms with E-state index in [0.29, 0.717) is 24.1 Å². The number of nitrogens with zero attached hydrogens (tertiary/aromatic N) is 1. The fraction of sp³-hybridized carbons (Fsp3) is 1.00. The number of aliphatic hydroxyl groups is 1. The third-order valence-corrected chi connectivity index (χ3v) is 5.47. The molecule has 3 nitrogen and oxygen atoms in total. The Labute approximate surface area is 125 Å². The largest absolute Gasteiger partial charge is 0.395 e. The van der Waals surface area contributed by atoms with E-state index in [0.717, 1.165) is 12.5 Å². The van der Waals surface area contributed by atoms with Gasteiger partial charge in [-0.15, -0.1) is 0 Å². The van der Waals surface area contributed by atoms with E-state index < -0.39 is 0 Å². The lowest BCUT2D eigenvalue weighted by molar-refractivity contribution is 0.0619. The SMILES string of the molecule is CC1CCC(CNC(C)C)(CN2CCCC2CO)CC1. The van der Waals surface area contributed by atoms with Crippen LogP contribution in [0.15, 0.2) is 0 Å². The molecule has 2 aliphatic rings. The normalized spacial score (nSPS) is 35.9. The first-order chi connectivity index (χ1) is 9.54. The molecule has 20 heavy (non-hydrogen) atoms. The summed E-state index contributed by atoms with van der Waals surface area (Å²) in [5.74, 6) is 0.898. The number of hydrogen-bond donors (Lipinski definition) is 2. The predicted molar refractivity (Wildman–Crippen MR) is 84.9 cm³/mol. The molecule has 1 aliphatic heterocycles. The Morgan fingerprint density at radius 3 is 2.55 bits per heavy atom. The van der Waals surface area contributed by atoms with E-state index in [4.69, 9.17) is 0 Å². The second-order valence-electron chi connectivity index (χ2n) is 7.67. The van der Waals surface area contributed by atoms with Crippen LogP contribution < -0.4 is 5.32 Å². The highest BCUT2D eigenvalue weighted by Gasteiger charge is 2.38. The molecule has 2 rings (SSSR count). The molecular weight excluding hydrogens is 248 g/mol. The van der Waals surface area contributed by atoms with Crippen molar-refractivity contribution in [1.82, 2.24) is 10.2 Å². The van der Waals surface area contributed by atoms with Crippen LogP contribution >= 0.6 is 0 Å². The van der Waals surface area contributed by atoms with Crippen LogP contribution in [0.3, 0.4) is 0 Å². The number of likely N-dealkylation sites (tertiary alicyclic amines) is 1. The zero-order chi connectivity index (χ0) is 14.6. The molecule has 1 atom stereocenters. The van der Waals surface area contributed by atoms with Gasteiger partial charge in [-0.1, -0.05) is 33.6 Å². The molecule has 0 radical (unpaired) electrons. The average Bonchev–Trinajstić information content (AvgIpc) is 2.87. The van der Waals surface area contributed by atoms with Gasteiger partial charge in [-0.25, -0.2) is 0 Å². The molecule has 0 aromatic carbocycles. The lowest BCUT2D eigenvalue weighted by atomic mass is 9.70. The Balaban J connectivity index is 1.98. The molecule has 118 valence electrons. The second kappa shape index (κ2) is 7.24. The lowest BCUT2D eigenvalue weighted by Gasteiger charge is -2.43. The zero-order valence-electron chi connectivity index (χ0n) is 13.7. The van der Waals surface area contributed by atoms with Crippen molar-refractivity contribution in [2.24, 2.45) is 11.3 Å². The maximum absolute atomic E-state index is 9.55. The minimum Gasteiger partial charge on any atom is -0.395 e. The molecule has 0 aromatic heterocycles. The molecule has 0 spiro atoms. The molecule has 0 aromatic rings. The highest BCUT2D eigenvalue weighted by atomic mass is 16.3. The monoisotopic (exact) mass is 282 g/mol. The molecule has 1 saturated carbocycles. The van der Waals surface area contributed by atoms with Gasteiger partial charge in [0.2, 0.25) is 0 Å². The Bertz CT molecular complexity index is 285. The minimum absolute atomic E-state index is 0.337. The first-order valence-corrected chi connectivity index (χ1v) is 8.63. The quantitative estimate of drug-likeness (QED) is 0.786. The highest BCUT2D eigenvalue weighted by molar-refractivity contribution is 4.92. The molecule has 1 saturated heterocycles. The van der Waals surface area contributed by atoms with Crippen molar-refractivity contribution in [2.75, 3.05) is 26.2 Å². The Hall–Kier alpha value is -0.120. The maximum atomic E-state index is 9.55. The lowest BCUT2D eigenvalue weighted by Crippen LogP contribution is -2.49. The molecule has 2 N–H and O–H groups in total. The van der Waals surface area contributed by atoms with Crippen molar-refractivity contribution in [1.29, 1.82) is 0 Å². The van der Waals surface area contributed by atoms with Crippen molar-refractivity contribution in [2.45, 2.75) is 71.4 Å². The third-order valence-electron chi connectivity index (χ3n) is 5.47. The summed E-state index contributed by atoms with van der Waals surface area (Å²) in [6, 6.07) is 0.990. The number of nitrogens with one attached hydrogen (secondary N) is 1. The molecule has 1 heterocycles. The van der Waals surface area contributed by atoms with Gasteiger partial charge < -0.3 is 10.4 Å².